The van der Waals surface area contributed by atoms with Gasteiger partial charge >= 0.3 is 12.1 Å². The number of carbonyl (C=O) groups is 1. The molecule has 2 aromatic carbocycles. The van der Waals surface area contributed by atoms with Crippen molar-refractivity contribution < 1.29 is 27.2 Å². The maximum Gasteiger partial charge on any atom is 0.471 e. The number of halogens is 3. The molecule has 0 atom stereocenters. The van der Waals surface area contributed by atoms with Crippen molar-refractivity contribution in [2.45, 2.75) is 31.5 Å². The minimum atomic E-state index is -4.70. The molecule has 12 heteroatoms. The average molecular weight is 512 g/mol. The lowest BCUT2D eigenvalue weighted by molar-refractivity contribution is -0.159. The van der Waals surface area contributed by atoms with Crippen molar-refractivity contribution in [3.63, 3.8) is 0 Å². The fourth-order valence-electron chi connectivity index (χ4n) is 4.17. The van der Waals surface area contributed by atoms with Crippen LogP contribution >= 0.6 is 0 Å². The molecule has 0 aliphatic carbocycles. The average Bonchev–Trinajstić information content (AvgIpc) is 3.41. The molecule has 1 saturated heterocycles. The third-order valence-electron chi connectivity index (χ3n) is 6.03. The van der Waals surface area contributed by atoms with Gasteiger partial charge in [-0.05, 0) is 24.3 Å². The first kappa shape index (κ1) is 24.5. The van der Waals surface area contributed by atoms with E-state index in [4.69, 9.17) is 4.74 Å². The predicted octanol–water partition coefficient (Wildman–Crippen LogP) is 4.57. The summed E-state index contributed by atoms with van der Waals surface area (Å²) in [4.78, 5) is 26.4. The Bertz CT molecular complexity index is 1380. The van der Waals surface area contributed by atoms with Gasteiger partial charge in [0.1, 0.15) is 24.0 Å². The number of benzene rings is 2. The zero-order valence-corrected chi connectivity index (χ0v) is 19.6. The van der Waals surface area contributed by atoms with Gasteiger partial charge in [-0.25, -0.2) is 9.97 Å². The number of piperidine rings is 1. The molecule has 5 rings (SSSR count). The van der Waals surface area contributed by atoms with Crippen molar-refractivity contribution in [2.24, 2.45) is 0 Å². The lowest BCUT2D eigenvalue weighted by atomic mass is 10.1. The number of likely N-dealkylation sites (tertiary alicyclic amines) is 1. The molecule has 2 aromatic heterocycles. The first-order valence-corrected chi connectivity index (χ1v) is 11.8. The number of carbonyl (C=O) groups excluding carboxylic acids is 1. The van der Waals surface area contributed by atoms with Crippen LogP contribution in [0.3, 0.4) is 0 Å². The highest BCUT2D eigenvalue weighted by Gasteiger charge is 2.38. The van der Waals surface area contributed by atoms with Crippen molar-refractivity contribution >= 4 is 22.6 Å². The number of fused-ring (bicyclic) bond motifs is 1. The van der Waals surface area contributed by atoms with E-state index < -0.39 is 12.1 Å². The van der Waals surface area contributed by atoms with Crippen LogP contribution in [-0.4, -0.2) is 56.7 Å². The van der Waals surface area contributed by atoms with Gasteiger partial charge in [-0.2, -0.15) is 18.2 Å². The van der Waals surface area contributed by atoms with Crippen molar-refractivity contribution in [1.82, 2.24) is 25.0 Å². The first-order chi connectivity index (χ1) is 17.9. The summed E-state index contributed by atoms with van der Waals surface area (Å²) >= 11 is 0. The quantitative estimate of drug-likeness (QED) is 0.384. The molecule has 3 heterocycles. The molecule has 37 heavy (non-hydrogen) atoms. The molecular formula is C25H23F3N6O3. The van der Waals surface area contributed by atoms with E-state index in [1.807, 2.05) is 29.2 Å². The van der Waals surface area contributed by atoms with Gasteiger partial charge in [0.15, 0.2) is 0 Å². The van der Waals surface area contributed by atoms with E-state index in [9.17, 15) is 18.0 Å². The summed E-state index contributed by atoms with van der Waals surface area (Å²) < 4.78 is 48.5. The summed E-state index contributed by atoms with van der Waals surface area (Å²) in [6.07, 6.45) is -1.72. The van der Waals surface area contributed by atoms with E-state index in [1.54, 1.807) is 24.3 Å². The Morgan fingerprint density at radius 2 is 1.92 bits per heavy atom. The smallest absolute Gasteiger partial charge is 0.471 e. The fraction of sp³-hybridized carbons (Fsp3) is 0.320. The summed E-state index contributed by atoms with van der Waals surface area (Å²) in [7, 11) is 0. The van der Waals surface area contributed by atoms with E-state index in [0.29, 0.717) is 56.0 Å². The van der Waals surface area contributed by atoms with Crippen LogP contribution in [0.5, 0.6) is 5.75 Å². The van der Waals surface area contributed by atoms with Gasteiger partial charge in [0.2, 0.25) is 11.7 Å². The molecule has 1 aliphatic rings. The number of anilines is 1. The Balaban J connectivity index is 1.10. The molecule has 192 valence electrons. The van der Waals surface area contributed by atoms with Gasteiger partial charge in [-0.3, -0.25) is 4.79 Å². The van der Waals surface area contributed by atoms with Crippen LogP contribution in [0, 0.1) is 0 Å². The van der Waals surface area contributed by atoms with Crippen LogP contribution < -0.4 is 10.1 Å². The predicted molar refractivity (Wildman–Crippen MR) is 128 cm³/mol. The molecule has 0 bridgehead atoms. The molecule has 1 N–H and O–H groups in total. The number of amides is 1. The maximum absolute atomic E-state index is 12.7. The zero-order chi connectivity index (χ0) is 25.8. The topological polar surface area (TPSA) is 106 Å². The first-order valence-electron chi connectivity index (χ1n) is 11.8. The number of nitrogens with one attached hydrogen (secondary N) is 1. The summed E-state index contributed by atoms with van der Waals surface area (Å²) in [6, 6.07) is 14.2. The Morgan fingerprint density at radius 3 is 2.70 bits per heavy atom. The van der Waals surface area contributed by atoms with Crippen LogP contribution in [0.2, 0.25) is 0 Å². The third-order valence-corrected chi connectivity index (χ3v) is 6.03. The van der Waals surface area contributed by atoms with Gasteiger partial charge < -0.3 is 19.5 Å². The third kappa shape index (κ3) is 5.79. The molecule has 9 nitrogen and oxygen atoms in total. The van der Waals surface area contributed by atoms with Gasteiger partial charge in [-0.1, -0.05) is 29.4 Å². The lowest BCUT2D eigenvalue weighted by Crippen LogP contribution is -2.42. The van der Waals surface area contributed by atoms with Crippen LogP contribution in [0.25, 0.3) is 22.3 Å². The van der Waals surface area contributed by atoms with E-state index >= 15 is 0 Å². The number of hydrogen-bond donors (Lipinski definition) is 1. The molecule has 1 fully saturated rings. The van der Waals surface area contributed by atoms with Crippen LogP contribution in [0.1, 0.15) is 25.2 Å². The molecule has 0 spiro atoms. The largest absolute Gasteiger partial charge is 0.490 e. The number of ether oxygens (including phenoxy) is 1. The molecular weight excluding hydrogens is 489 g/mol. The minimum Gasteiger partial charge on any atom is -0.490 e. The number of para-hydroxylation sites is 1. The number of alkyl halides is 3. The molecule has 0 saturated carbocycles. The van der Waals surface area contributed by atoms with E-state index in [0.717, 1.165) is 10.9 Å². The Morgan fingerprint density at radius 1 is 1.11 bits per heavy atom. The highest BCUT2D eigenvalue weighted by Crippen LogP contribution is 2.30. The van der Waals surface area contributed by atoms with E-state index in [2.05, 4.69) is 29.9 Å². The van der Waals surface area contributed by atoms with Crippen molar-refractivity contribution in [3.8, 4) is 17.1 Å². The summed E-state index contributed by atoms with van der Waals surface area (Å²) in [5, 5.41) is 7.54. The van der Waals surface area contributed by atoms with Crippen molar-refractivity contribution in [1.29, 1.82) is 0 Å². The SMILES string of the molecule is O=C(CCNc1ncnc2ccccc12)N1CCC(Oc2cccc(-c3noc(C(F)(F)F)n3)c2)CC1. The number of aromatic nitrogens is 4. The second-order valence-electron chi connectivity index (χ2n) is 8.56. The van der Waals surface area contributed by atoms with Crippen LogP contribution in [0.4, 0.5) is 19.0 Å². The van der Waals surface area contributed by atoms with Gasteiger partial charge in [0.25, 0.3) is 0 Å². The number of rotatable bonds is 7. The number of nitrogens with zero attached hydrogens (tertiary/aromatic N) is 5. The molecule has 4 aromatic rings. The molecule has 1 aliphatic heterocycles. The van der Waals surface area contributed by atoms with Gasteiger partial charge in [0, 0.05) is 49.8 Å². The second kappa shape index (κ2) is 10.4. The van der Waals surface area contributed by atoms with E-state index in [-0.39, 0.29) is 17.8 Å². The lowest BCUT2D eigenvalue weighted by Gasteiger charge is -2.32. The standard InChI is InChI=1S/C25H23F3N6O3/c26-25(27,28)24-32-22(33-37-24)16-4-3-5-18(14-16)36-17-9-12-34(13-10-17)21(35)8-11-29-23-19-6-1-2-7-20(19)30-15-31-23/h1-7,14-15,17H,8-13H2,(H,29,30,31). The monoisotopic (exact) mass is 512 g/mol. The number of hydrogen-bond acceptors (Lipinski definition) is 8. The highest BCUT2D eigenvalue weighted by molar-refractivity contribution is 5.88. The van der Waals surface area contributed by atoms with Crippen molar-refractivity contribution in [3.05, 3.63) is 60.7 Å². The normalized spacial score (nSPS) is 14.6. The van der Waals surface area contributed by atoms with Crippen molar-refractivity contribution in [2.75, 3.05) is 25.0 Å². The summed E-state index contributed by atoms with van der Waals surface area (Å²) in [6.45, 7) is 1.56. The Hall–Kier alpha value is -4.22. The molecule has 0 unspecified atom stereocenters. The molecule has 1 amide bonds. The molecule has 0 radical (unpaired) electrons. The van der Waals surface area contributed by atoms with Crippen LogP contribution in [0.15, 0.2) is 59.4 Å². The maximum atomic E-state index is 12.7. The second-order valence-corrected chi connectivity index (χ2v) is 8.56. The zero-order valence-electron chi connectivity index (χ0n) is 19.6. The van der Waals surface area contributed by atoms with E-state index in [1.165, 1.54) is 6.33 Å². The highest BCUT2D eigenvalue weighted by atomic mass is 19.4. The summed E-state index contributed by atoms with van der Waals surface area (Å²) in [5.74, 6) is -0.331. The van der Waals surface area contributed by atoms with Gasteiger partial charge in [0.05, 0.1) is 5.52 Å². The van der Waals surface area contributed by atoms with Gasteiger partial charge in [-0.15, -0.1) is 0 Å². The Kier molecular flexibility index (Phi) is 6.89. The fourth-order valence-corrected chi connectivity index (χ4v) is 4.17. The minimum absolute atomic E-state index is 0.0453. The van der Waals surface area contributed by atoms with Crippen LogP contribution in [-0.2, 0) is 11.0 Å². The summed E-state index contributed by atoms with van der Waals surface area (Å²) in [5.41, 5.74) is 1.19. The Labute approximate surface area is 209 Å².